The van der Waals surface area contributed by atoms with E-state index in [0.717, 1.165) is 6.42 Å². The van der Waals surface area contributed by atoms with Crippen molar-refractivity contribution in [2.24, 2.45) is 0 Å². The molecule has 1 aliphatic heterocycles. The summed E-state index contributed by atoms with van der Waals surface area (Å²) < 4.78 is 4.58. The van der Waals surface area contributed by atoms with Crippen molar-refractivity contribution in [3.63, 3.8) is 0 Å². The van der Waals surface area contributed by atoms with E-state index in [0.29, 0.717) is 6.10 Å². The van der Waals surface area contributed by atoms with E-state index in [9.17, 15) is 0 Å². The summed E-state index contributed by atoms with van der Waals surface area (Å²) in [5.41, 5.74) is 0. The van der Waals surface area contributed by atoms with Gasteiger partial charge in [0.1, 0.15) is 0 Å². The van der Waals surface area contributed by atoms with Crippen LogP contribution in [0.3, 0.4) is 0 Å². The van der Waals surface area contributed by atoms with E-state index in [1.54, 1.807) is 6.61 Å². The summed E-state index contributed by atoms with van der Waals surface area (Å²) in [5.74, 6) is 0. The summed E-state index contributed by atoms with van der Waals surface area (Å²) in [4.78, 5) is 0. The molecule has 1 atom stereocenters. The van der Waals surface area contributed by atoms with Crippen LogP contribution in [-0.4, -0.2) is 6.10 Å². The molecule has 1 rings (SSSR count). The Kier molecular flexibility index (Phi) is 20.7. The maximum Gasteiger partial charge on any atom is 0 e. The standard InChI is InChI=1S/C5H10.C3H5O.CH4.W/c1-3-5-4-2;1-3-2-4-3;;/h3H,1,4-5H2,2H3;2-3H,1H3;1H4;/q;-1;;. The van der Waals surface area contributed by atoms with E-state index in [1.807, 2.05) is 13.0 Å². The van der Waals surface area contributed by atoms with Gasteiger partial charge >= 0.3 is 0 Å². The van der Waals surface area contributed by atoms with Crippen molar-refractivity contribution in [3.8, 4) is 0 Å². The summed E-state index contributed by atoms with van der Waals surface area (Å²) in [7, 11) is 0. The molecule has 0 radical (unpaired) electrons. The molecule has 1 saturated heterocycles. The molecule has 0 aromatic carbocycles. The second kappa shape index (κ2) is 13.0. The molecule has 0 saturated carbocycles. The monoisotopic (exact) mass is 327 g/mol. The van der Waals surface area contributed by atoms with Crippen LogP contribution in [0.25, 0.3) is 0 Å². The molecule has 0 spiro atoms. The van der Waals surface area contributed by atoms with Crippen LogP contribution in [0.5, 0.6) is 0 Å². The summed E-state index contributed by atoms with van der Waals surface area (Å²) in [6, 6.07) is 0. The Morgan fingerprint density at radius 3 is 2.00 bits per heavy atom. The van der Waals surface area contributed by atoms with Gasteiger partial charge in [0.25, 0.3) is 0 Å². The third-order valence-electron chi connectivity index (χ3n) is 0.901. The number of ether oxygens (including phenoxy) is 1. The van der Waals surface area contributed by atoms with E-state index >= 15 is 0 Å². The van der Waals surface area contributed by atoms with Gasteiger partial charge < -0.3 is 4.74 Å². The molecule has 1 heterocycles. The number of epoxide rings is 1. The smallest absolute Gasteiger partial charge is 0 e. The maximum absolute atomic E-state index is 4.58. The van der Waals surface area contributed by atoms with Gasteiger partial charge in [0.15, 0.2) is 0 Å². The zero-order chi connectivity index (χ0) is 7.11. The average Bonchev–Trinajstić information content (AvgIpc) is 2.55. The maximum atomic E-state index is 4.58. The van der Waals surface area contributed by atoms with Crippen LogP contribution < -0.4 is 0 Å². The van der Waals surface area contributed by atoms with Crippen molar-refractivity contribution in [3.05, 3.63) is 19.3 Å². The molecule has 1 aliphatic rings. The van der Waals surface area contributed by atoms with Crippen LogP contribution in [0, 0.1) is 6.61 Å². The van der Waals surface area contributed by atoms with E-state index in [1.165, 1.54) is 6.42 Å². The molecule has 1 fully saturated rings. The second-order valence-corrected chi connectivity index (χ2v) is 2.05. The van der Waals surface area contributed by atoms with E-state index in [-0.39, 0.29) is 28.5 Å². The predicted molar refractivity (Wildman–Crippen MR) is 46.7 cm³/mol. The fourth-order valence-corrected chi connectivity index (χ4v) is 0.283. The minimum absolute atomic E-state index is 0. The zero-order valence-corrected chi connectivity index (χ0v) is 9.60. The van der Waals surface area contributed by atoms with Gasteiger partial charge in [-0.15, -0.1) is 6.58 Å². The van der Waals surface area contributed by atoms with E-state index in [4.69, 9.17) is 0 Å². The molecule has 0 bridgehead atoms. The number of hydrogen-bond donors (Lipinski definition) is 0. The Labute approximate surface area is 85.5 Å². The molecule has 1 unspecified atom stereocenters. The SMILES string of the molecule is C.C=CCCC.CC1[CH-]O1.[W]. The average molecular weight is 327 g/mol. The number of unbranched alkanes of at least 4 members (excludes halogenated alkanes) is 1. The van der Waals surface area contributed by atoms with Crippen molar-refractivity contribution >= 4 is 0 Å². The molecule has 0 aromatic rings. The Bertz CT molecular complexity index is 70.0. The first-order chi connectivity index (χ1) is 4.31. The van der Waals surface area contributed by atoms with Crippen LogP contribution in [0.4, 0.5) is 0 Å². The molecule has 0 aliphatic carbocycles. The van der Waals surface area contributed by atoms with Crippen LogP contribution in [0.15, 0.2) is 12.7 Å². The molecule has 0 aromatic heterocycles. The number of allylic oxidation sites excluding steroid dienone is 1. The van der Waals surface area contributed by atoms with Gasteiger partial charge in [0.05, 0.1) is 0 Å². The topological polar surface area (TPSA) is 12.5 Å². The van der Waals surface area contributed by atoms with Crippen molar-refractivity contribution < 1.29 is 25.8 Å². The van der Waals surface area contributed by atoms with Gasteiger partial charge in [-0.2, -0.15) is 6.61 Å². The Balaban J connectivity index is -0.0000000990. The first kappa shape index (κ1) is 17.5. The summed E-state index contributed by atoms with van der Waals surface area (Å²) in [6.07, 6.45) is 4.77. The van der Waals surface area contributed by atoms with Gasteiger partial charge in [-0.25, -0.2) is 0 Å². The summed E-state index contributed by atoms with van der Waals surface area (Å²) in [5, 5.41) is 0. The zero-order valence-electron chi connectivity index (χ0n) is 6.67. The Morgan fingerprint density at radius 1 is 1.64 bits per heavy atom. The minimum Gasteiger partial charge on any atom is -0.570 e. The fraction of sp³-hybridized carbons (Fsp3) is 0.667. The Hall–Kier alpha value is 0.388. The van der Waals surface area contributed by atoms with Gasteiger partial charge in [-0.1, -0.05) is 39.9 Å². The van der Waals surface area contributed by atoms with Crippen LogP contribution >= 0.6 is 0 Å². The van der Waals surface area contributed by atoms with Crippen molar-refractivity contribution in [1.29, 1.82) is 0 Å². The van der Waals surface area contributed by atoms with Crippen molar-refractivity contribution in [2.75, 3.05) is 0 Å². The molecule has 0 amide bonds. The van der Waals surface area contributed by atoms with Gasteiger partial charge in [0, 0.05) is 21.1 Å². The van der Waals surface area contributed by atoms with Crippen molar-refractivity contribution in [1.82, 2.24) is 0 Å². The van der Waals surface area contributed by atoms with Gasteiger partial charge in [-0.05, 0) is 6.42 Å². The van der Waals surface area contributed by atoms with Gasteiger partial charge in [0.2, 0.25) is 0 Å². The third-order valence-corrected chi connectivity index (χ3v) is 0.901. The molecular weight excluding hydrogens is 308 g/mol. The summed E-state index contributed by atoms with van der Waals surface area (Å²) in [6.45, 7) is 9.48. The molecule has 11 heavy (non-hydrogen) atoms. The normalized spacial score (nSPS) is 17.8. The van der Waals surface area contributed by atoms with Crippen LogP contribution in [-0.2, 0) is 25.8 Å². The third kappa shape index (κ3) is 25.2. The van der Waals surface area contributed by atoms with E-state index < -0.39 is 0 Å². The molecule has 2 heteroatoms. The van der Waals surface area contributed by atoms with E-state index in [2.05, 4.69) is 18.2 Å². The van der Waals surface area contributed by atoms with Crippen molar-refractivity contribution in [2.45, 2.75) is 40.2 Å². The first-order valence-corrected chi connectivity index (χ1v) is 3.41. The summed E-state index contributed by atoms with van der Waals surface area (Å²) >= 11 is 0. The van der Waals surface area contributed by atoms with Crippen LogP contribution in [0.2, 0.25) is 0 Å². The largest absolute Gasteiger partial charge is 0.570 e. The number of hydrogen-bond acceptors (Lipinski definition) is 1. The Morgan fingerprint density at radius 2 is 2.00 bits per heavy atom. The quantitative estimate of drug-likeness (QED) is 0.431. The van der Waals surface area contributed by atoms with Crippen LogP contribution in [0.1, 0.15) is 34.1 Å². The molecular formula is C9H19OW-. The number of rotatable bonds is 2. The second-order valence-electron chi connectivity index (χ2n) is 2.05. The molecule has 1 nitrogen and oxygen atoms in total. The first-order valence-electron chi connectivity index (χ1n) is 3.41. The predicted octanol–water partition coefficient (Wildman–Crippen LogP) is 3.17. The molecule has 68 valence electrons. The fourth-order valence-electron chi connectivity index (χ4n) is 0.283. The molecule has 0 N–H and O–H groups in total. The van der Waals surface area contributed by atoms with Gasteiger partial charge in [-0.3, -0.25) is 0 Å². The minimum atomic E-state index is 0.